The van der Waals surface area contributed by atoms with E-state index in [1.54, 1.807) is 10.7 Å². The smallest absolute Gasteiger partial charge is 0.165 e. The number of morpholine rings is 1. The maximum absolute atomic E-state index is 12.6. The molecule has 3 aromatic rings. The summed E-state index contributed by atoms with van der Waals surface area (Å²) in [7, 11) is -3.28. The summed E-state index contributed by atoms with van der Waals surface area (Å²) < 4.78 is 31.7. The van der Waals surface area contributed by atoms with Crippen molar-refractivity contribution in [1.29, 1.82) is 0 Å². The molecule has 0 amide bonds. The number of anilines is 1. The van der Waals surface area contributed by atoms with Crippen LogP contribution in [-0.4, -0.2) is 60.1 Å². The van der Waals surface area contributed by atoms with E-state index in [2.05, 4.69) is 21.9 Å². The van der Waals surface area contributed by atoms with Crippen molar-refractivity contribution in [3.05, 3.63) is 36.4 Å². The van der Waals surface area contributed by atoms with E-state index in [4.69, 9.17) is 9.72 Å². The van der Waals surface area contributed by atoms with Gasteiger partial charge in [0.1, 0.15) is 10.6 Å². The average molecular weight is 401 g/mol. The topological polar surface area (TPSA) is 92.6 Å². The zero-order chi connectivity index (χ0) is 19.5. The molecule has 0 spiro atoms. The highest BCUT2D eigenvalue weighted by atomic mass is 32.2. The zero-order valence-electron chi connectivity index (χ0n) is 15.9. The summed E-state index contributed by atoms with van der Waals surface area (Å²) in [4.78, 5) is 10.2. The molecular formula is C19H23N5O3S. The van der Waals surface area contributed by atoms with Crippen molar-refractivity contribution in [2.45, 2.75) is 30.6 Å². The molecule has 148 valence electrons. The van der Waals surface area contributed by atoms with Gasteiger partial charge in [-0.1, -0.05) is 0 Å². The molecule has 0 bridgehead atoms. The molecule has 1 N–H and O–H groups in total. The van der Waals surface area contributed by atoms with Gasteiger partial charge in [0, 0.05) is 42.4 Å². The van der Waals surface area contributed by atoms with E-state index in [0.29, 0.717) is 37.4 Å². The molecule has 0 radical (unpaired) electrons. The number of aromatic amines is 1. The van der Waals surface area contributed by atoms with Gasteiger partial charge in [-0.3, -0.25) is 0 Å². The van der Waals surface area contributed by atoms with Gasteiger partial charge in [-0.2, -0.15) is 5.10 Å². The second-order valence-electron chi connectivity index (χ2n) is 7.78. The third-order valence-electron chi connectivity index (χ3n) is 5.91. The number of ether oxygens (including phenoxy) is 1. The highest BCUT2D eigenvalue weighted by molar-refractivity contribution is 7.91. The fourth-order valence-corrected chi connectivity index (χ4v) is 5.48. The summed E-state index contributed by atoms with van der Waals surface area (Å²) in [5, 5.41) is 4.53. The van der Waals surface area contributed by atoms with Crippen molar-refractivity contribution in [2.24, 2.45) is 0 Å². The summed E-state index contributed by atoms with van der Waals surface area (Å²) in [5.41, 5.74) is 3.25. The summed E-state index contributed by atoms with van der Waals surface area (Å²) in [6.07, 6.45) is 8.06. The van der Waals surface area contributed by atoms with Crippen LogP contribution in [0.4, 0.5) is 5.82 Å². The Kier molecular flexibility index (Phi) is 3.82. The highest BCUT2D eigenvalue weighted by Crippen LogP contribution is 2.53. The number of rotatable bonds is 4. The molecular weight excluding hydrogens is 378 g/mol. The number of aromatic nitrogens is 4. The molecule has 28 heavy (non-hydrogen) atoms. The van der Waals surface area contributed by atoms with E-state index >= 15 is 0 Å². The largest absolute Gasteiger partial charge is 0.377 e. The van der Waals surface area contributed by atoms with Crippen molar-refractivity contribution >= 4 is 21.3 Å². The number of H-pyrrole nitrogens is 1. The van der Waals surface area contributed by atoms with Crippen LogP contribution in [0.1, 0.15) is 25.5 Å². The number of sulfone groups is 1. The molecule has 1 aliphatic carbocycles. The Balaban J connectivity index is 1.76. The minimum absolute atomic E-state index is 0.170. The third-order valence-corrected chi connectivity index (χ3v) is 7.95. The molecule has 0 unspecified atom stereocenters. The first kappa shape index (κ1) is 17.7. The Hall–Kier alpha value is -2.39. The van der Waals surface area contributed by atoms with Crippen LogP contribution in [-0.2, 0) is 19.3 Å². The van der Waals surface area contributed by atoms with Crippen LogP contribution in [0.2, 0.25) is 0 Å². The maximum atomic E-state index is 12.6. The van der Waals surface area contributed by atoms with Crippen LogP contribution >= 0.6 is 0 Å². The van der Waals surface area contributed by atoms with Gasteiger partial charge >= 0.3 is 0 Å². The molecule has 2 aliphatic rings. The molecule has 2 fully saturated rings. The van der Waals surface area contributed by atoms with Crippen molar-refractivity contribution in [3.8, 4) is 11.1 Å². The normalized spacial score (nSPS) is 21.9. The van der Waals surface area contributed by atoms with Gasteiger partial charge in [-0.15, -0.1) is 0 Å². The van der Waals surface area contributed by atoms with Gasteiger partial charge in [-0.05, 0) is 25.8 Å². The average Bonchev–Trinajstić information content (AvgIpc) is 3.11. The maximum Gasteiger partial charge on any atom is 0.165 e. The number of nitrogens with one attached hydrogen (secondary N) is 1. The van der Waals surface area contributed by atoms with E-state index < -0.39 is 14.6 Å². The fourth-order valence-electron chi connectivity index (χ4n) is 4.11. The van der Waals surface area contributed by atoms with Crippen molar-refractivity contribution in [3.63, 3.8) is 0 Å². The molecule has 9 heteroatoms. The molecule has 3 aromatic heterocycles. The van der Waals surface area contributed by atoms with Gasteiger partial charge in [0.15, 0.2) is 15.5 Å². The van der Waals surface area contributed by atoms with Crippen LogP contribution in [0.5, 0.6) is 0 Å². The summed E-state index contributed by atoms with van der Waals surface area (Å²) in [5.74, 6) is 0.783. The molecule has 1 saturated carbocycles. The SMILES string of the molecule is C[C@@H]1COCCN1c1cc(C2(S(C)(=O)=O)CC2)n2ncc(-c3cc[nH]c3)c2n1. The molecule has 1 atom stereocenters. The van der Waals surface area contributed by atoms with Crippen LogP contribution in [0.3, 0.4) is 0 Å². The fraction of sp³-hybridized carbons (Fsp3) is 0.474. The van der Waals surface area contributed by atoms with Gasteiger partial charge in [0.2, 0.25) is 0 Å². The van der Waals surface area contributed by atoms with Crippen LogP contribution in [0.15, 0.2) is 30.7 Å². The lowest BCUT2D eigenvalue weighted by Gasteiger charge is -2.34. The van der Waals surface area contributed by atoms with E-state index in [1.807, 2.05) is 24.5 Å². The second kappa shape index (κ2) is 6.05. The van der Waals surface area contributed by atoms with Gasteiger partial charge < -0.3 is 14.6 Å². The summed E-state index contributed by atoms with van der Waals surface area (Å²) in [6.45, 7) is 4.08. The van der Waals surface area contributed by atoms with E-state index in [0.717, 1.165) is 23.5 Å². The van der Waals surface area contributed by atoms with Crippen molar-refractivity contribution in [2.75, 3.05) is 30.9 Å². The van der Waals surface area contributed by atoms with Crippen molar-refractivity contribution in [1.82, 2.24) is 19.6 Å². The minimum Gasteiger partial charge on any atom is -0.377 e. The summed E-state index contributed by atoms with van der Waals surface area (Å²) in [6, 6.07) is 4.05. The molecule has 4 heterocycles. The predicted molar refractivity (Wildman–Crippen MR) is 106 cm³/mol. The van der Waals surface area contributed by atoms with E-state index in [1.165, 1.54) is 6.26 Å². The van der Waals surface area contributed by atoms with Crippen LogP contribution in [0.25, 0.3) is 16.8 Å². The van der Waals surface area contributed by atoms with E-state index in [-0.39, 0.29) is 6.04 Å². The Bertz CT molecular complexity index is 1130. The quantitative estimate of drug-likeness (QED) is 0.719. The lowest BCUT2D eigenvalue weighted by Crippen LogP contribution is -2.44. The zero-order valence-corrected chi connectivity index (χ0v) is 16.7. The molecule has 1 saturated heterocycles. The first-order chi connectivity index (χ1) is 13.4. The van der Waals surface area contributed by atoms with Gasteiger partial charge in [0.25, 0.3) is 0 Å². The lowest BCUT2D eigenvalue weighted by molar-refractivity contribution is 0.0985. The monoisotopic (exact) mass is 401 g/mol. The number of nitrogens with zero attached hydrogens (tertiary/aromatic N) is 4. The number of hydrogen-bond acceptors (Lipinski definition) is 6. The molecule has 5 rings (SSSR count). The second-order valence-corrected chi connectivity index (χ2v) is 10.1. The first-order valence-electron chi connectivity index (χ1n) is 9.47. The lowest BCUT2D eigenvalue weighted by atomic mass is 10.1. The summed E-state index contributed by atoms with van der Waals surface area (Å²) >= 11 is 0. The third kappa shape index (κ3) is 2.56. The van der Waals surface area contributed by atoms with E-state index in [9.17, 15) is 8.42 Å². The Morgan fingerprint density at radius 2 is 2.18 bits per heavy atom. The van der Waals surface area contributed by atoms with Gasteiger partial charge in [0.05, 0.1) is 31.1 Å². The first-order valence-corrected chi connectivity index (χ1v) is 11.4. The Morgan fingerprint density at radius 1 is 1.36 bits per heavy atom. The molecule has 0 aromatic carbocycles. The van der Waals surface area contributed by atoms with Gasteiger partial charge in [-0.25, -0.2) is 17.9 Å². The van der Waals surface area contributed by atoms with Crippen LogP contribution in [0, 0.1) is 0 Å². The number of fused-ring (bicyclic) bond motifs is 1. The standard InChI is InChI=1S/C19H23N5O3S/c1-13-12-27-8-7-23(13)17-9-16(19(4-5-19)28(2,25)26)24-18(22-17)15(11-21-24)14-3-6-20-10-14/h3,6,9-11,13,20H,4-5,7-8,12H2,1-2H3/t13-/m1/s1. The van der Waals surface area contributed by atoms with Crippen molar-refractivity contribution < 1.29 is 13.2 Å². The predicted octanol–water partition coefficient (Wildman–Crippen LogP) is 1.98. The Labute approximate surface area is 163 Å². The highest BCUT2D eigenvalue weighted by Gasteiger charge is 2.55. The Morgan fingerprint density at radius 3 is 2.82 bits per heavy atom. The molecule has 1 aliphatic heterocycles. The number of hydrogen-bond donors (Lipinski definition) is 1. The van der Waals surface area contributed by atoms with Crippen LogP contribution < -0.4 is 4.90 Å². The molecule has 8 nitrogen and oxygen atoms in total. The minimum atomic E-state index is -3.28.